The molecule has 1 aromatic heterocycles. The fourth-order valence-corrected chi connectivity index (χ4v) is 1.79. The second-order valence-electron chi connectivity index (χ2n) is 4.29. The van der Waals surface area contributed by atoms with Gasteiger partial charge in [0.05, 0.1) is 0 Å². The van der Waals surface area contributed by atoms with E-state index in [0.717, 1.165) is 0 Å². The Hall–Kier alpha value is -2.22. The summed E-state index contributed by atoms with van der Waals surface area (Å²) in [5.74, 6) is -0.826. The molecule has 1 aliphatic heterocycles. The van der Waals surface area contributed by atoms with Crippen LogP contribution < -0.4 is 16.3 Å². The van der Waals surface area contributed by atoms with E-state index in [-0.39, 0.29) is 5.69 Å². The maximum absolute atomic E-state index is 11.6. The summed E-state index contributed by atoms with van der Waals surface area (Å²) in [6.07, 6.45) is 1.31. The molecule has 2 rings (SSSR count). The minimum atomic E-state index is -1.86. The predicted molar refractivity (Wildman–Crippen MR) is 59.6 cm³/mol. The molecule has 1 fully saturated rings. The average molecular weight is 252 g/mol. The first kappa shape index (κ1) is 12.2. The largest absolute Gasteiger partial charge is 0.378 e. The van der Waals surface area contributed by atoms with Crippen LogP contribution in [0.25, 0.3) is 0 Å². The summed E-state index contributed by atoms with van der Waals surface area (Å²) in [4.78, 5) is 40.0. The molecule has 18 heavy (non-hydrogen) atoms. The number of nitrogens with one attached hydrogen (secondary N) is 3. The quantitative estimate of drug-likeness (QED) is 0.495. The Bertz CT molecular complexity index is 577. The van der Waals surface area contributed by atoms with E-state index in [1.54, 1.807) is 6.92 Å². The summed E-state index contributed by atoms with van der Waals surface area (Å²) in [6.45, 7) is 2.90. The fourth-order valence-electron chi connectivity index (χ4n) is 1.79. The molecule has 8 nitrogen and oxygen atoms in total. The monoisotopic (exact) mass is 252 g/mol. The van der Waals surface area contributed by atoms with E-state index in [1.807, 2.05) is 5.32 Å². The lowest BCUT2D eigenvalue weighted by Gasteiger charge is -2.36. The number of imide groups is 1. The van der Waals surface area contributed by atoms with Gasteiger partial charge in [0, 0.05) is 11.9 Å². The third-order valence-electron chi connectivity index (χ3n) is 2.85. The van der Waals surface area contributed by atoms with Gasteiger partial charge in [-0.05, 0) is 19.4 Å². The highest BCUT2D eigenvalue weighted by atomic mass is 16.3. The van der Waals surface area contributed by atoms with Crippen LogP contribution in [0.2, 0.25) is 0 Å². The highest BCUT2D eigenvalue weighted by Crippen LogP contribution is 2.28. The molecule has 3 amide bonds. The molecular weight excluding hydrogens is 240 g/mol. The van der Waals surface area contributed by atoms with Crippen LogP contribution in [-0.4, -0.2) is 32.6 Å². The van der Waals surface area contributed by atoms with Crippen molar-refractivity contribution >= 4 is 11.9 Å². The summed E-state index contributed by atoms with van der Waals surface area (Å²) < 4.78 is 0. The first-order chi connectivity index (χ1) is 8.32. The van der Waals surface area contributed by atoms with E-state index in [4.69, 9.17) is 0 Å². The van der Waals surface area contributed by atoms with Crippen LogP contribution >= 0.6 is 0 Å². The van der Waals surface area contributed by atoms with Gasteiger partial charge in [-0.25, -0.2) is 14.6 Å². The molecule has 2 atom stereocenters. The van der Waals surface area contributed by atoms with Crippen LogP contribution in [0, 0.1) is 6.92 Å². The van der Waals surface area contributed by atoms with Crippen molar-refractivity contribution in [2.24, 2.45) is 0 Å². The second kappa shape index (κ2) is 3.91. The van der Waals surface area contributed by atoms with E-state index in [2.05, 4.69) is 15.3 Å². The normalized spacial score (nSPS) is 27.6. The Balaban J connectivity index is 2.53. The fraction of sp³-hybridized carbons (Fsp3) is 0.400. The zero-order valence-electron chi connectivity index (χ0n) is 9.77. The predicted octanol–water partition coefficient (Wildman–Crippen LogP) is -1.29. The molecular formula is C10H12N4O4. The van der Waals surface area contributed by atoms with Gasteiger partial charge in [-0.2, -0.15) is 0 Å². The lowest BCUT2D eigenvalue weighted by molar-refractivity contribution is -0.142. The summed E-state index contributed by atoms with van der Waals surface area (Å²) in [6, 6.07) is -1.76. The molecule has 1 saturated heterocycles. The smallest absolute Gasteiger partial charge is 0.345 e. The number of aliphatic hydroxyl groups is 1. The minimum absolute atomic E-state index is 0.253. The number of rotatable bonds is 1. The second-order valence-corrected chi connectivity index (χ2v) is 4.29. The number of nitrogens with zero attached hydrogens (tertiary/aromatic N) is 1. The van der Waals surface area contributed by atoms with E-state index < -0.39 is 29.3 Å². The molecule has 0 aliphatic carbocycles. The Morgan fingerprint density at radius 1 is 1.39 bits per heavy atom. The summed E-state index contributed by atoms with van der Waals surface area (Å²) in [5.41, 5.74) is -1.67. The summed E-state index contributed by atoms with van der Waals surface area (Å²) in [5, 5.41) is 14.5. The Morgan fingerprint density at radius 2 is 2.06 bits per heavy atom. The molecule has 1 unspecified atom stereocenters. The van der Waals surface area contributed by atoms with Crippen LogP contribution in [0.15, 0.2) is 11.0 Å². The van der Waals surface area contributed by atoms with Gasteiger partial charge in [0.25, 0.3) is 5.91 Å². The molecule has 0 radical (unpaired) electrons. The number of hydrogen-bond acceptors (Lipinski definition) is 5. The van der Waals surface area contributed by atoms with Crippen molar-refractivity contribution in [3.8, 4) is 0 Å². The van der Waals surface area contributed by atoms with Gasteiger partial charge in [-0.1, -0.05) is 0 Å². The number of aryl methyl sites for hydroxylation is 1. The Kier molecular flexibility index (Phi) is 2.66. The van der Waals surface area contributed by atoms with E-state index in [0.29, 0.717) is 5.56 Å². The SMILES string of the molecule is Cc1cnc(=O)[nH]c1C1NC(=O)NC(=O)[C@]1(C)O. The molecule has 4 N–H and O–H groups in total. The van der Waals surface area contributed by atoms with Crippen LogP contribution in [0.1, 0.15) is 24.2 Å². The van der Waals surface area contributed by atoms with Crippen molar-refractivity contribution in [2.75, 3.05) is 0 Å². The summed E-state index contributed by atoms with van der Waals surface area (Å²) in [7, 11) is 0. The third-order valence-corrected chi connectivity index (χ3v) is 2.85. The first-order valence-electron chi connectivity index (χ1n) is 5.22. The summed E-state index contributed by atoms with van der Waals surface area (Å²) >= 11 is 0. The Morgan fingerprint density at radius 3 is 2.72 bits per heavy atom. The van der Waals surface area contributed by atoms with Gasteiger partial charge in [-0.15, -0.1) is 0 Å². The highest BCUT2D eigenvalue weighted by molar-refractivity contribution is 6.02. The molecule has 8 heteroatoms. The third kappa shape index (κ3) is 1.86. The number of aromatic amines is 1. The Labute approximate surface area is 101 Å². The van der Waals surface area contributed by atoms with Crippen molar-refractivity contribution in [3.05, 3.63) is 27.9 Å². The number of hydrogen-bond donors (Lipinski definition) is 4. The first-order valence-corrected chi connectivity index (χ1v) is 5.22. The molecule has 0 bridgehead atoms. The van der Waals surface area contributed by atoms with E-state index in [1.165, 1.54) is 13.1 Å². The molecule has 1 aliphatic rings. The number of aromatic nitrogens is 2. The van der Waals surface area contributed by atoms with Gasteiger partial charge in [-0.3, -0.25) is 10.1 Å². The maximum atomic E-state index is 11.6. The van der Waals surface area contributed by atoms with Crippen molar-refractivity contribution in [2.45, 2.75) is 25.5 Å². The molecule has 0 saturated carbocycles. The maximum Gasteiger partial charge on any atom is 0.345 e. The number of carbonyl (C=O) groups excluding carboxylic acids is 2. The molecule has 2 heterocycles. The lowest BCUT2D eigenvalue weighted by atomic mass is 9.89. The molecule has 0 spiro atoms. The highest BCUT2D eigenvalue weighted by Gasteiger charge is 2.46. The minimum Gasteiger partial charge on any atom is -0.378 e. The molecule has 96 valence electrons. The number of H-pyrrole nitrogens is 1. The van der Waals surface area contributed by atoms with Gasteiger partial charge in [0.2, 0.25) is 0 Å². The standard InChI is InChI=1S/C10H12N4O4/c1-4-3-11-8(16)12-5(4)6-10(2,18)7(15)14-9(17)13-6/h3,6,18H,1-2H3,(H,11,12,16)(H2,13,14,15,17)/t6?,10-/m1/s1. The van der Waals surface area contributed by atoms with Crippen molar-refractivity contribution in [1.29, 1.82) is 0 Å². The van der Waals surface area contributed by atoms with E-state index >= 15 is 0 Å². The number of amides is 3. The molecule has 0 aromatic carbocycles. The van der Waals surface area contributed by atoms with Crippen molar-refractivity contribution in [1.82, 2.24) is 20.6 Å². The average Bonchev–Trinajstić information content (AvgIpc) is 2.27. The van der Waals surface area contributed by atoms with Gasteiger partial charge in [0.15, 0.2) is 5.60 Å². The van der Waals surface area contributed by atoms with Crippen LogP contribution in [0.4, 0.5) is 4.79 Å². The van der Waals surface area contributed by atoms with Crippen LogP contribution in [0.3, 0.4) is 0 Å². The van der Waals surface area contributed by atoms with Crippen molar-refractivity contribution < 1.29 is 14.7 Å². The van der Waals surface area contributed by atoms with Crippen LogP contribution in [-0.2, 0) is 4.79 Å². The van der Waals surface area contributed by atoms with Crippen LogP contribution in [0.5, 0.6) is 0 Å². The van der Waals surface area contributed by atoms with Gasteiger partial charge in [0.1, 0.15) is 6.04 Å². The van der Waals surface area contributed by atoms with E-state index in [9.17, 15) is 19.5 Å². The van der Waals surface area contributed by atoms with Gasteiger partial charge < -0.3 is 15.4 Å². The lowest BCUT2D eigenvalue weighted by Crippen LogP contribution is -2.63. The topological polar surface area (TPSA) is 124 Å². The molecule has 1 aromatic rings. The van der Waals surface area contributed by atoms with Crippen molar-refractivity contribution in [3.63, 3.8) is 0 Å². The number of carbonyl (C=O) groups is 2. The zero-order valence-corrected chi connectivity index (χ0v) is 9.77. The van der Waals surface area contributed by atoms with Gasteiger partial charge >= 0.3 is 11.7 Å². The zero-order chi connectivity index (χ0) is 13.5. The number of urea groups is 1.